The molecule has 4 rings (SSSR count). The van der Waals surface area contributed by atoms with Crippen molar-refractivity contribution in [1.82, 2.24) is 10.2 Å². The molecule has 2 fully saturated rings. The first-order valence-electron chi connectivity index (χ1n) is 8.89. The number of nitrogens with one attached hydrogen (secondary N) is 2. The van der Waals surface area contributed by atoms with Crippen LogP contribution in [0.3, 0.4) is 0 Å². The van der Waals surface area contributed by atoms with Gasteiger partial charge in [-0.25, -0.2) is 13.6 Å². The molecule has 7 heteroatoms. The molecule has 2 saturated heterocycles. The lowest BCUT2D eigenvalue weighted by Gasteiger charge is -2.39. The molecule has 1 aromatic carbocycles. The normalized spacial score (nSPS) is 25.2. The first kappa shape index (κ1) is 17.4. The van der Waals surface area contributed by atoms with E-state index in [1.165, 1.54) is 10.9 Å². The zero-order valence-electron chi connectivity index (χ0n) is 14.3. The number of carbonyl (C=O) groups excluding carboxylic acids is 1. The molecular formula is C19H21F2N3OS. The number of hydrogen-bond acceptors (Lipinski definition) is 3. The molecule has 2 aromatic rings. The number of hydrogen-bond donors (Lipinski definition) is 2. The Labute approximate surface area is 155 Å². The van der Waals surface area contributed by atoms with Gasteiger partial charge in [0.1, 0.15) is 11.6 Å². The van der Waals surface area contributed by atoms with Crippen molar-refractivity contribution >= 4 is 23.1 Å². The third kappa shape index (κ3) is 3.73. The fraction of sp³-hybridized carbons (Fsp3) is 0.421. The van der Waals surface area contributed by atoms with E-state index in [9.17, 15) is 13.6 Å². The summed E-state index contributed by atoms with van der Waals surface area (Å²) in [6.45, 7) is 0.979. The molecule has 4 nitrogen and oxygen atoms in total. The first-order valence-corrected chi connectivity index (χ1v) is 9.77. The Hall–Kier alpha value is -1.99. The van der Waals surface area contributed by atoms with Crippen LogP contribution in [0.25, 0.3) is 0 Å². The number of piperidine rings is 1. The van der Waals surface area contributed by atoms with Crippen LogP contribution in [0.1, 0.15) is 30.6 Å². The maximum Gasteiger partial charge on any atom is 0.319 e. The Morgan fingerprint density at radius 2 is 1.96 bits per heavy atom. The molecule has 0 spiro atoms. The van der Waals surface area contributed by atoms with Gasteiger partial charge in [0.25, 0.3) is 0 Å². The molecule has 1 unspecified atom stereocenters. The minimum Gasteiger partial charge on any atom is -0.335 e. The van der Waals surface area contributed by atoms with Crippen LogP contribution < -0.4 is 10.6 Å². The van der Waals surface area contributed by atoms with Crippen molar-refractivity contribution in [2.24, 2.45) is 0 Å². The van der Waals surface area contributed by atoms with Crippen molar-refractivity contribution in [2.75, 3.05) is 5.32 Å². The van der Waals surface area contributed by atoms with E-state index >= 15 is 0 Å². The lowest BCUT2D eigenvalue weighted by Crippen LogP contribution is -2.50. The molecule has 3 atom stereocenters. The average Bonchev–Trinajstić information content (AvgIpc) is 3.18. The fourth-order valence-corrected chi connectivity index (χ4v) is 4.88. The molecule has 3 heterocycles. The van der Waals surface area contributed by atoms with Crippen LogP contribution >= 0.6 is 11.3 Å². The number of benzene rings is 1. The zero-order chi connectivity index (χ0) is 18.1. The Morgan fingerprint density at radius 1 is 1.19 bits per heavy atom. The monoisotopic (exact) mass is 377 g/mol. The minimum atomic E-state index is -0.772. The Morgan fingerprint density at radius 3 is 2.62 bits per heavy atom. The standard InChI is InChI=1S/C19H21F2N3OS/c20-12-3-6-18(17(21)8-12)23-19(25)22-13-9-14-4-5-15(10-13)24(14)11-16-2-1-7-26-16/h1-3,6-8,13-15H,4-5,9-11H2,(H2,22,23,25)/t13?,14-,15+. The predicted octanol–water partition coefficient (Wildman–Crippen LogP) is 4.34. The van der Waals surface area contributed by atoms with E-state index in [-0.39, 0.29) is 11.7 Å². The molecule has 138 valence electrons. The number of amides is 2. The maximum atomic E-state index is 13.7. The van der Waals surface area contributed by atoms with Crippen molar-refractivity contribution in [1.29, 1.82) is 0 Å². The summed E-state index contributed by atoms with van der Waals surface area (Å²) in [4.78, 5) is 16.1. The Balaban J connectivity index is 1.33. The van der Waals surface area contributed by atoms with Crippen LogP contribution in [-0.4, -0.2) is 29.1 Å². The molecule has 2 aliphatic rings. The number of rotatable bonds is 4. The van der Waals surface area contributed by atoms with E-state index in [2.05, 4.69) is 33.0 Å². The highest BCUT2D eigenvalue weighted by Gasteiger charge is 2.41. The number of anilines is 1. The van der Waals surface area contributed by atoms with Gasteiger partial charge in [0.15, 0.2) is 0 Å². The minimum absolute atomic E-state index is 0.0120. The third-order valence-corrected chi connectivity index (χ3v) is 6.18. The van der Waals surface area contributed by atoms with Crippen LogP contribution in [0.15, 0.2) is 35.7 Å². The van der Waals surface area contributed by atoms with Crippen molar-refractivity contribution in [3.8, 4) is 0 Å². The van der Waals surface area contributed by atoms with Crippen molar-refractivity contribution in [3.05, 3.63) is 52.2 Å². The Bertz CT molecular complexity index is 769. The fourth-order valence-electron chi connectivity index (χ4n) is 4.17. The molecule has 0 radical (unpaired) electrons. The largest absolute Gasteiger partial charge is 0.335 e. The number of urea groups is 1. The molecule has 1 aromatic heterocycles. The second-order valence-electron chi connectivity index (χ2n) is 7.03. The van der Waals surface area contributed by atoms with Gasteiger partial charge in [-0.05, 0) is 49.3 Å². The van der Waals surface area contributed by atoms with Crippen molar-refractivity contribution < 1.29 is 13.6 Å². The topological polar surface area (TPSA) is 44.4 Å². The van der Waals surface area contributed by atoms with Crippen LogP contribution in [0.5, 0.6) is 0 Å². The van der Waals surface area contributed by atoms with Gasteiger partial charge >= 0.3 is 6.03 Å². The molecule has 0 saturated carbocycles. The second-order valence-corrected chi connectivity index (χ2v) is 8.06. The van der Waals surface area contributed by atoms with Crippen molar-refractivity contribution in [2.45, 2.75) is 50.4 Å². The molecule has 0 aliphatic carbocycles. The SMILES string of the molecule is O=C(Nc1ccc(F)cc1F)NC1C[C@H]2CC[C@@H](C1)N2Cc1cccs1. The molecule has 26 heavy (non-hydrogen) atoms. The highest BCUT2D eigenvalue weighted by molar-refractivity contribution is 7.09. The summed E-state index contributed by atoms with van der Waals surface area (Å²) in [6.07, 6.45) is 4.12. The van der Waals surface area contributed by atoms with Crippen molar-refractivity contribution in [3.63, 3.8) is 0 Å². The van der Waals surface area contributed by atoms with E-state index in [4.69, 9.17) is 0 Å². The van der Waals surface area contributed by atoms with E-state index in [1.807, 2.05) is 0 Å². The second kappa shape index (κ2) is 7.32. The van der Waals surface area contributed by atoms with Gasteiger partial charge < -0.3 is 10.6 Å². The molecule has 2 N–H and O–H groups in total. The van der Waals surface area contributed by atoms with Gasteiger partial charge in [-0.15, -0.1) is 11.3 Å². The highest BCUT2D eigenvalue weighted by Crippen LogP contribution is 2.37. The average molecular weight is 377 g/mol. The Kier molecular flexibility index (Phi) is 4.91. The maximum absolute atomic E-state index is 13.7. The quantitative estimate of drug-likeness (QED) is 0.832. The van der Waals surface area contributed by atoms with E-state index in [0.717, 1.165) is 44.4 Å². The first-order chi connectivity index (χ1) is 12.6. The number of thiophene rings is 1. The van der Waals surface area contributed by atoms with Crippen LogP contribution in [0.2, 0.25) is 0 Å². The van der Waals surface area contributed by atoms with Crippen LogP contribution in [0, 0.1) is 11.6 Å². The van der Waals surface area contributed by atoms with Gasteiger partial charge in [-0.2, -0.15) is 0 Å². The van der Waals surface area contributed by atoms with Gasteiger partial charge in [0.2, 0.25) is 0 Å². The van der Waals surface area contributed by atoms with Gasteiger partial charge in [0.05, 0.1) is 5.69 Å². The van der Waals surface area contributed by atoms with E-state index < -0.39 is 17.7 Å². The summed E-state index contributed by atoms with van der Waals surface area (Å²) in [5, 5.41) is 7.54. The summed E-state index contributed by atoms with van der Waals surface area (Å²) in [5.74, 6) is -1.44. The highest BCUT2D eigenvalue weighted by atomic mass is 32.1. The number of carbonyl (C=O) groups is 1. The lowest BCUT2D eigenvalue weighted by molar-refractivity contribution is 0.113. The molecule has 2 bridgehead atoms. The number of halogens is 2. The summed E-state index contributed by atoms with van der Waals surface area (Å²) < 4.78 is 26.6. The lowest BCUT2D eigenvalue weighted by atomic mass is 9.97. The predicted molar refractivity (Wildman–Crippen MR) is 98.2 cm³/mol. The number of nitrogens with zero attached hydrogens (tertiary/aromatic N) is 1. The summed E-state index contributed by atoms with van der Waals surface area (Å²) >= 11 is 1.78. The van der Waals surface area contributed by atoms with Crippen LogP contribution in [0.4, 0.5) is 19.3 Å². The summed E-state index contributed by atoms with van der Waals surface area (Å²) in [5.41, 5.74) is -0.0120. The van der Waals surface area contributed by atoms with Gasteiger partial charge in [-0.3, -0.25) is 4.90 Å². The molecular weight excluding hydrogens is 356 g/mol. The third-order valence-electron chi connectivity index (χ3n) is 5.32. The smallest absolute Gasteiger partial charge is 0.319 e. The van der Waals surface area contributed by atoms with Gasteiger partial charge in [-0.1, -0.05) is 6.07 Å². The summed E-state index contributed by atoms with van der Waals surface area (Å²) in [6, 6.07) is 7.96. The molecule has 2 amide bonds. The summed E-state index contributed by atoms with van der Waals surface area (Å²) in [7, 11) is 0. The van der Waals surface area contributed by atoms with Crippen LogP contribution in [-0.2, 0) is 6.54 Å². The number of fused-ring (bicyclic) bond motifs is 2. The van der Waals surface area contributed by atoms with E-state index in [1.54, 1.807) is 11.3 Å². The van der Waals surface area contributed by atoms with E-state index in [0.29, 0.717) is 12.1 Å². The zero-order valence-corrected chi connectivity index (χ0v) is 15.1. The molecule has 2 aliphatic heterocycles. The van der Waals surface area contributed by atoms with Gasteiger partial charge in [0, 0.05) is 35.6 Å².